The molecule has 0 spiro atoms. The van der Waals surface area contributed by atoms with Crippen molar-refractivity contribution in [1.29, 1.82) is 0 Å². The maximum absolute atomic E-state index is 12.8. The molecule has 0 aliphatic rings. The van der Waals surface area contributed by atoms with E-state index in [4.69, 9.17) is 0 Å². The van der Waals surface area contributed by atoms with E-state index in [0.717, 1.165) is 16.8 Å². The second-order valence-electron chi connectivity index (χ2n) is 7.67. The zero-order valence-electron chi connectivity index (χ0n) is 17.9. The third-order valence-corrected chi connectivity index (χ3v) is 7.58. The molecule has 166 valence electrons. The average molecular weight is 469 g/mol. The van der Waals surface area contributed by atoms with Crippen LogP contribution in [0.1, 0.15) is 41.1 Å². The molecule has 1 aromatic carbocycles. The van der Waals surface area contributed by atoms with Crippen LogP contribution in [0, 0.1) is 0 Å². The number of rotatable bonds is 9. The van der Waals surface area contributed by atoms with Crippen LogP contribution >= 0.6 is 11.3 Å². The van der Waals surface area contributed by atoms with Crippen LogP contribution in [0.3, 0.4) is 0 Å². The van der Waals surface area contributed by atoms with Crippen LogP contribution in [0.2, 0.25) is 0 Å². The molecule has 9 heteroatoms. The Hall–Kier alpha value is -2.88. The van der Waals surface area contributed by atoms with Gasteiger partial charge in [-0.15, -0.1) is 11.3 Å². The first-order valence-electron chi connectivity index (χ1n) is 10.4. The van der Waals surface area contributed by atoms with Gasteiger partial charge in [-0.25, -0.2) is 22.6 Å². The Morgan fingerprint density at radius 1 is 1.22 bits per heavy atom. The Bertz CT molecular complexity index is 1340. The third kappa shape index (κ3) is 4.79. The van der Waals surface area contributed by atoms with Crippen molar-refractivity contribution in [2.45, 2.75) is 32.7 Å². The molecule has 0 aliphatic heterocycles. The third-order valence-electron chi connectivity index (χ3n) is 5.01. The smallest absolute Gasteiger partial charge is 0.211 e. The number of hydrogen-bond donors (Lipinski definition) is 1. The van der Waals surface area contributed by atoms with Crippen LogP contribution in [0.5, 0.6) is 0 Å². The summed E-state index contributed by atoms with van der Waals surface area (Å²) in [6.45, 7) is 3.71. The second-order valence-corrected chi connectivity index (χ2v) is 10.5. The average Bonchev–Trinajstić information content (AvgIpc) is 3.43. The number of nitrogens with one attached hydrogen (secondary N) is 1. The first-order valence-corrected chi connectivity index (χ1v) is 12.9. The largest absolute Gasteiger partial charge is 0.287 e. The van der Waals surface area contributed by atoms with Gasteiger partial charge in [0.25, 0.3) is 0 Å². The number of carbonyl (C=O) groups excluding carboxylic acids is 1. The molecule has 1 atom stereocenters. The summed E-state index contributed by atoms with van der Waals surface area (Å²) in [5.74, 6) is 0.0275. The lowest BCUT2D eigenvalue weighted by Gasteiger charge is -2.15. The second kappa shape index (κ2) is 9.32. The number of benzene rings is 1. The lowest BCUT2D eigenvalue weighted by Crippen LogP contribution is -2.35. The van der Waals surface area contributed by atoms with E-state index in [-0.39, 0.29) is 17.6 Å². The van der Waals surface area contributed by atoms with Gasteiger partial charge in [0.05, 0.1) is 28.1 Å². The van der Waals surface area contributed by atoms with E-state index in [1.54, 1.807) is 23.0 Å². The molecule has 32 heavy (non-hydrogen) atoms. The van der Waals surface area contributed by atoms with Crippen LogP contribution < -0.4 is 4.72 Å². The van der Waals surface area contributed by atoms with Gasteiger partial charge in [0, 0.05) is 17.8 Å². The van der Waals surface area contributed by atoms with Gasteiger partial charge in [-0.05, 0) is 48.9 Å². The fraction of sp³-hybridized carbons (Fsp3) is 0.261. The molecule has 4 aromatic rings. The molecule has 0 aliphatic carbocycles. The highest BCUT2D eigenvalue weighted by Crippen LogP contribution is 2.24. The molecule has 0 fully saturated rings. The van der Waals surface area contributed by atoms with Crippen LogP contribution in [-0.4, -0.2) is 40.6 Å². The molecule has 7 nitrogen and oxygen atoms in total. The number of thiophene rings is 1. The van der Waals surface area contributed by atoms with Gasteiger partial charge in [0.15, 0.2) is 5.65 Å². The standard InChI is InChI=1S/C23H24N4O3S2/c1-3-12-32(29,30)26-16(2)13-17-6-4-7-18(14-17)20-9-10-24-23-19(15-25-27(20)23)22(28)21-8-5-11-31-21/h4-11,14-16,26H,3,12-13H2,1-2H3. The number of carbonyl (C=O) groups is 1. The van der Waals surface area contributed by atoms with Crippen molar-refractivity contribution >= 4 is 32.8 Å². The Morgan fingerprint density at radius 2 is 2.06 bits per heavy atom. The normalized spacial score (nSPS) is 12.8. The van der Waals surface area contributed by atoms with Gasteiger partial charge >= 0.3 is 0 Å². The first-order chi connectivity index (χ1) is 15.4. The highest BCUT2D eigenvalue weighted by Gasteiger charge is 2.19. The maximum Gasteiger partial charge on any atom is 0.211 e. The van der Waals surface area contributed by atoms with Gasteiger partial charge in [0.2, 0.25) is 15.8 Å². The molecule has 1 N–H and O–H groups in total. The summed E-state index contributed by atoms with van der Waals surface area (Å²) in [4.78, 5) is 17.9. The van der Waals surface area contributed by atoms with E-state index in [1.807, 2.05) is 55.6 Å². The monoisotopic (exact) mass is 468 g/mol. The number of sulfonamides is 1. The molecule has 4 rings (SSSR count). The van der Waals surface area contributed by atoms with Crippen molar-refractivity contribution in [3.63, 3.8) is 0 Å². The minimum absolute atomic E-state index is 0.0958. The first kappa shape index (κ1) is 22.3. The Labute approximate surface area is 191 Å². The van der Waals surface area contributed by atoms with E-state index in [0.29, 0.717) is 28.9 Å². The highest BCUT2D eigenvalue weighted by atomic mass is 32.2. The molecule has 0 amide bonds. The van der Waals surface area contributed by atoms with Crippen LogP contribution in [-0.2, 0) is 16.4 Å². The quantitative estimate of drug-likeness (QED) is 0.376. The number of ketones is 1. The number of hydrogen-bond acceptors (Lipinski definition) is 6. The maximum atomic E-state index is 12.8. The summed E-state index contributed by atoms with van der Waals surface area (Å²) in [7, 11) is -3.27. The molecule has 0 saturated heterocycles. The molecule has 0 bridgehead atoms. The fourth-order valence-corrected chi connectivity index (χ4v) is 5.73. The number of fused-ring (bicyclic) bond motifs is 1. The van der Waals surface area contributed by atoms with Crippen molar-refractivity contribution in [3.8, 4) is 11.3 Å². The summed E-state index contributed by atoms with van der Waals surface area (Å²) in [6.07, 6.45) is 4.37. The molecule has 1 unspecified atom stereocenters. The molecular formula is C23H24N4O3S2. The minimum atomic E-state index is -3.27. The van der Waals surface area contributed by atoms with Crippen molar-refractivity contribution in [2.24, 2.45) is 0 Å². The van der Waals surface area contributed by atoms with E-state index in [2.05, 4.69) is 14.8 Å². The minimum Gasteiger partial charge on any atom is -0.287 e. The van der Waals surface area contributed by atoms with Gasteiger partial charge < -0.3 is 0 Å². The Balaban J connectivity index is 1.62. The summed E-state index contributed by atoms with van der Waals surface area (Å²) >= 11 is 1.39. The summed E-state index contributed by atoms with van der Waals surface area (Å²) in [5, 5.41) is 6.30. The van der Waals surface area contributed by atoms with Crippen LogP contribution in [0.15, 0.2) is 60.2 Å². The van der Waals surface area contributed by atoms with Crippen LogP contribution in [0.25, 0.3) is 16.9 Å². The Morgan fingerprint density at radius 3 is 2.81 bits per heavy atom. The number of nitrogens with zero attached hydrogens (tertiary/aromatic N) is 3. The van der Waals surface area contributed by atoms with Gasteiger partial charge in [-0.2, -0.15) is 5.10 Å². The molecule has 3 heterocycles. The van der Waals surface area contributed by atoms with E-state index in [1.165, 1.54) is 11.3 Å². The van der Waals surface area contributed by atoms with Crippen molar-refractivity contribution in [1.82, 2.24) is 19.3 Å². The molecule has 3 aromatic heterocycles. The summed E-state index contributed by atoms with van der Waals surface area (Å²) in [6, 6.07) is 13.2. The highest BCUT2D eigenvalue weighted by molar-refractivity contribution is 7.89. The SMILES string of the molecule is CCCS(=O)(=O)NC(C)Cc1cccc(-c2ccnc3c(C(=O)c4cccs4)cnn23)c1. The molecule has 0 radical (unpaired) electrons. The van der Waals surface area contributed by atoms with Crippen molar-refractivity contribution < 1.29 is 13.2 Å². The fourth-order valence-electron chi connectivity index (χ4n) is 3.70. The Kier molecular flexibility index (Phi) is 6.50. The summed E-state index contributed by atoms with van der Waals surface area (Å²) in [5.41, 5.74) is 3.69. The zero-order chi connectivity index (χ0) is 22.7. The van der Waals surface area contributed by atoms with Gasteiger partial charge in [0.1, 0.15) is 0 Å². The van der Waals surface area contributed by atoms with Gasteiger partial charge in [-0.1, -0.05) is 31.2 Å². The van der Waals surface area contributed by atoms with Gasteiger partial charge in [-0.3, -0.25) is 4.79 Å². The topological polar surface area (TPSA) is 93.4 Å². The lowest BCUT2D eigenvalue weighted by atomic mass is 10.0. The zero-order valence-corrected chi connectivity index (χ0v) is 19.5. The predicted molar refractivity (Wildman–Crippen MR) is 127 cm³/mol. The van der Waals surface area contributed by atoms with Crippen LogP contribution in [0.4, 0.5) is 0 Å². The van der Waals surface area contributed by atoms with E-state index < -0.39 is 10.0 Å². The van der Waals surface area contributed by atoms with E-state index >= 15 is 0 Å². The number of aromatic nitrogens is 3. The van der Waals surface area contributed by atoms with Crippen molar-refractivity contribution in [3.05, 3.63) is 76.2 Å². The summed E-state index contributed by atoms with van der Waals surface area (Å²) < 4.78 is 28.5. The molecular weight excluding hydrogens is 444 g/mol. The van der Waals surface area contributed by atoms with E-state index in [9.17, 15) is 13.2 Å². The molecule has 0 saturated carbocycles. The predicted octanol–water partition coefficient (Wildman–Crippen LogP) is 3.95. The lowest BCUT2D eigenvalue weighted by molar-refractivity contribution is 0.104. The van der Waals surface area contributed by atoms with Crippen molar-refractivity contribution in [2.75, 3.05) is 5.75 Å².